The topological polar surface area (TPSA) is 63.1 Å². The molecule has 0 spiro atoms. The summed E-state index contributed by atoms with van der Waals surface area (Å²) in [5.41, 5.74) is 2.30. The Morgan fingerprint density at radius 2 is 1.92 bits per heavy atom. The summed E-state index contributed by atoms with van der Waals surface area (Å²) >= 11 is 6.71. The number of pyridine rings is 1. The van der Waals surface area contributed by atoms with Crippen molar-refractivity contribution in [3.05, 3.63) is 52.9 Å². The van der Waals surface area contributed by atoms with Crippen LogP contribution >= 0.6 is 11.6 Å². The molecule has 1 aromatic carbocycles. The molecule has 0 radical (unpaired) electrons. The third kappa shape index (κ3) is 4.41. The van der Waals surface area contributed by atoms with Crippen LogP contribution in [0.4, 0.5) is 10.2 Å². The van der Waals surface area contributed by atoms with E-state index in [2.05, 4.69) is 33.3 Å². The number of aromatic nitrogens is 3. The zero-order valence-corrected chi connectivity index (χ0v) is 21.6. The van der Waals surface area contributed by atoms with Gasteiger partial charge in [-0.3, -0.25) is 14.4 Å². The van der Waals surface area contributed by atoms with E-state index >= 15 is 0 Å². The second-order valence-corrected chi connectivity index (χ2v) is 11.3. The van der Waals surface area contributed by atoms with Gasteiger partial charge in [0.05, 0.1) is 6.20 Å². The molecule has 1 N–H and O–H groups in total. The Hall–Kier alpha value is -2.51. The highest BCUT2D eigenvalue weighted by Crippen LogP contribution is 2.56. The van der Waals surface area contributed by atoms with E-state index in [0.29, 0.717) is 36.8 Å². The van der Waals surface area contributed by atoms with E-state index in [-0.39, 0.29) is 17.7 Å². The molecule has 3 heterocycles. The van der Waals surface area contributed by atoms with E-state index in [1.54, 1.807) is 10.9 Å². The number of amides is 1. The van der Waals surface area contributed by atoms with Gasteiger partial charge in [0.2, 0.25) is 5.91 Å². The third-order valence-electron chi connectivity index (χ3n) is 8.66. The molecule has 3 aliphatic rings. The first kappa shape index (κ1) is 23.9. The average Bonchev–Trinajstić information content (AvgIpc) is 3.44. The first-order chi connectivity index (χ1) is 17.4. The van der Waals surface area contributed by atoms with E-state index < -0.39 is 6.17 Å². The molecule has 2 saturated carbocycles. The number of carbonyl (C=O) groups is 1. The molecule has 3 aromatic rings. The lowest BCUT2D eigenvalue weighted by Crippen LogP contribution is -2.54. The highest BCUT2D eigenvalue weighted by Gasteiger charge is 2.54. The first-order valence-corrected chi connectivity index (χ1v) is 13.6. The van der Waals surface area contributed by atoms with Crippen LogP contribution in [0.2, 0.25) is 5.02 Å². The molecule has 3 atom stereocenters. The zero-order chi connectivity index (χ0) is 25.0. The maximum atomic E-state index is 13.3. The SMILES string of the molecule is CC[C@H]1[C@H](C(=O)Nc2cc3cc([C@H]4CC[C@@H](N5CC(F)C5)CC4)c(Cl)cc3cn2)[C@H]1c1cnn(C)c1. The number of likely N-dealkylation sites (tertiary alicyclic amines) is 1. The minimum Gasteiger partial charge on any atom is -0.310 e. The van der Waals surface area contributed by atoms with Crippen molar-refractivity contribution in [3.63, 3.8) is 0 Å². The summed E-state index contributed by atoms with van der Waals surface area (Å²) in [5, 5.41) is 10.1. The predicted molar refractivity (Wildman–Crippen MR) is 140 cm³/mol. The fourth-order valence-corrected chi connectivity index (χ4v) is 6.91. The van der Waals surface area contributed by atoms with Crippen molar-refractivity contribution in [2.45, 2.75) is 63.1 Å². The highest BCUT2D eigenvalue weighted by molar-refractivity contribution is 6.32. The van der Waals surface area contributed by atoms with Crippen LogP contribution in [0.15, 0.2) is 36.8 Å². The molecule has 1 saturated heterocycles. The van der Waals surface area contributed by atoms with Crippen LogP contribution in [0.3, 0.4) is 0 Å². The summed E-state index contributed by atoms with van der Waals surface area (Å²) in [7, 11) is 1.90. The van der Waals surface area contributed by atoms with Gasteiger partial charge < -0.3 is 5.32 Å². The molecule has 6 rings (SSSR count). The molecule has 0 bridgehead atoms. The number of halogens is 2. The molecule has 2 aliphatic carbocycles. The maximum absolute atomic E-state index is 13.3. The van der Waals surface area contributed by atoms with Crippen molar-refractivity contribution < 1.29 is 9.18 Å². The van der Waals surface area contributed by atoms with Gasteiger partial charge in [-0.15, -0.1) is 0 Å². The number of rotatable bonds is 6. The van der Waals surface area contributed by atoms with Crippen molar-refractivity contribution in [3.8, 4) is 0 Å². The summed E-state index contributed by atoms with van der Waals surface area (Å²) in [5.74, 6) is 1.51. The Labute approximate surface area is 216 Å². The molecule has 3 fully saturated rings. The monoisotopic (exact) mass is 509 g/mol. The lowest BCUT2D eigenvalue weighted by Gasteiger charge is -2.43. The minimum absolute atomic E-state index is 0.0246. The number of fused-ring (bicyclic) bond motifs is 1. The van der Waals surface area contributed by atoms with Gasteiger partial charge in [-0.25, -0.2) is 9.37 Å². The van der Waals surface area contributed by atoms with Crippen molar-refractivity contribution in [2.75, 3.05) is 18.4 Å². The van der Waals surface area contributed by atoms with Crippen molar-refractivity contribution >= 4 is 34.1 Å². The molecule has 0 unspecified atom stereocenters. The smallest absolute Gasteiger partial charge is 0.229 e. The molecule has 1 amide bonds. The number of benzene rings is 1. The van der Waals surface area contributed by atoms with Crippen LogP contribution in [0.5, 0.6) is 0 Å². The molecule has 190 valence electrons. The zero-order valence-electron chi connectivity index (χ0n) is 20.8. The van der Waals surface area contributed by atoms with Gasteiger partial charge in [0.25, 0.3) is 0 Å². The van der Waals surface area contributed by atoms with E-state index in [4.69, 9.17) is 11.6 Å². The number of anilines is 1. The van der Waals surface area contributed by atoms with E-state index in [9.17, 15) is 9.18 Å². The highest BCUT2D eigenvalue weighted by atomic mass is 35.5. The van der Waals surface area contributed by atoms with Gasteiger partial charge >= 0.3 is 0 Å². The third-order valence-corrected chi connectivity index (χ3v) is 8.99. The summed E-state index contributed by atoms with van der Waals surface area (Å²) in [6, 6.07) is 6.63. The fraction of sp³-hybridized carbons (Fsp3) is 0.536. The Kier molecular flexibility index (Phi) is 6.24. The van der Waals surface area contributed by atoms with Gasteiger partial charge in [-0.1, -0.05) is 24.9 Å². The Bertz CT molecular complexity index is 1280. The molecule has 36 heavy (non-hydrogen) atoms. The first-order valence-electron chi connectivity index (χ1n) is 13.2. The second-order valence-electron chi connectivity index (χ2n) is 10.9. The van der Waals surface area contributed by atoms with E-state index in [1.165, 1.54) is 5.56 Å². The van der Waals surface area contributed by atoms with Crippen molar-refractivity contribution in [1.29, 1.82) is 0 Å². The number of alkyl halides is 1. The van der Waals surface area contributed by atoms with Gasteiger partial charge in [0.1, 0.15) is 12.0 Å². The molecule has 6 nitrogen and oxygen atoms in total. The number of carbonyl (C=O) groups excluding carboxylic acids is 1. The quantitative estimate of drug-likeness (QED) is 0.464. The number of hydrogen-bond acceptors (Lipinski definition) is 4. The minimum atomic E-state index is -0.644. The van der Waals surface area contributed by atoms with Gasteiger partial charge in [0.15, 0.2) is 0 Å². The standard InChI is InChI=1S/C28H33ClFN5O/c1-3-22-26(19-12-32-34(2)13-19)27(22)28(36)33-25-10-17-8-23(24(29)9-18(17)11-31-25)16-4-6-21(7-5-16)35-14-20(30)15-35/h8-13,16,20-22,26-27H,3-7,14-15H2,1-2H3,(H,31,33,36)/t16-,21+,22-,26+,27+/m1/s1. The van der Waals surface area contributed by atoms with Crippen LogP contribution in [-0.4, -0.2) is 50.9 Å². The molecular weight excluding hydrogens is 477 g/mol. The largest absolute Gasteiger partial charge is 0.310 e. The van der Waals surface area contributed by atoms with Crippen LogP contribution in [0.1, 0.15) is 62.0 Å². The van der Waals surface area contributed by atoms with Gasteiger partial charge in [-0.05, 0) is 72.2 Å². The van der Waals surface area contributed by atoms with Crippen LogP contribution in [-0.2, 0) is 11.8 Å². The molecule has 1 aliphatic heterocycles. The van der Waals surface area contributed by atoms with Crippen LogP contribution in [0, 0.1) is 11.8 Å². The molecular formula is C28H33ClFN5O. The van der Waals surface area contributed by atoms with Crippen molar-refractivity contribution in [1.82, 2.24) is 19.7 Å². The lowest BCUT2D eigenvalue weighted by atomic mass is 9.80. The Morgan fingerprint density at radius 3 is 2.58 bits per heavy atom. The normalized spacial score (nSPS) is 28.7. The molecule has 8 heteroatoms. The average molecular weight is 510 g/mol. The van der Waals surface area contributed by atoms with E-state index in [0.717, 1.165) is 53.5 Å². The summed E-state index contributed by atoms with van der Waals surface area (Å²) < 4.78 is 15.1. The summed E-state index contributed by atoms with van der Waals surface area (Å²) in [6.45, 7) is 3.32. The Morgan fingerprint density at radius 1 is 1.14 bits per heavy atom. The fourth-order valence-electron chi connectivity index (χ4n) is 6.59. The van der Waals surface area contributed by atoms with Crippen LogP contribution in [0.25, 0.3) is 10.8 Å². The number of nitrogens with zero attached hydrogens (tertiary/aromatic N) is 4. The van der Waals surface area contributed by atoms with E-state index in [1.807, 2.05) is 31.6 Å². The second kappa shape index (κ2) is 9.42. The number of aryl methyl sites for hydroxylation is 1. The van der Waals surface area contributed by atoms with Crippen LogP contribution < -0.4 is 5.32 Å². The number of hydrogen-bond donors (Lipinski definition) is 1. The van der Waals surface area contributed by atoms with Gasteiger partial charge in [0, 0.05) is 60.8 Å². The lowest BCUT2D eigenvalue weighted by molar-refractivity contribution is -0.117. The van der Waals surface area contributed by atoms with Gasteiger partial charge in [-0.2, -0.15) is 5.10 Å². The predicted octanol–water partition coefficient (Wildman–Crippen LogP) is 5.68. The summed E-state index contributed by atoms with van der Waals surface area (Å²) in [4.78, 5) is 19.9. The maximum Gasteiger partial charge on any atom is 0.229 e. The van der Waals surface area contributed by atoms with Crippen molar-refractivity contribution in [2.24, 2.45) is 18.9 Å². The summed E-state index contributed by atoms with van der Waals surface area (Å²) in [6.07, 6.45) is 10.3. The number of nitrogens with one attached hydrogen (secondary N) is 1. The molecule has 2 aromatic heterocycles. The Balaban J connectivity index is 1.16.